The lowest BCUT2D eigenvalue weighted by atomic mass is 10.2. The molecule has 4 rings (SSSR count). The molecule has 0 aliphatic carbocycles. The summed E-state index contributed by atoms with van der Waals surface area (Å²) in [5, 5.41) is 1.13. The molecule has 0 aliphatic heterocycles. The summed E-state index contributed by atoms with van der Waals surface area (Å²) in [5.41, 5.74) is 3.12. The number of hydrogen-bond donors (Lipinski definition) is 1. The van der Waals surface area contributed by atoms with Gasteiger partial charge in [0.05, 0.1) is 11.1 Å². The summed E-state index contributed by atoms with van der Waals surface area (Å²) in [4.78, 5) is 12.7. The molecule has 8 nitrogen and oxygen atoms in total. The smallest absolute Gasteiger partial charge is 0.255 e. The molecular formula is C23H21N5O3S. The van der Waals surface area contributed by atoms with E-state index in [2.05, 4.69) is 19.7 Å². The third kappa shape index (κ3) is 5.19. The zero-order valence-corrected chi connectivity index (χ0v) is 18.3. The molecule has 0 radical (unpaired) electrons. The van der Waals surface area contributed by atoms with Crippen molar-refractivity contribution in [3.8, 4) is 17.4 Å². The molecule has 0 atom stereocenters. The zero-order valence-electron chi connectivity index (χ0n) is 17.5. The molecule has 2 aromatic carbocycles. The molecule has 0 unspecified atom stereocenters. The van der Waals surface area contributed by atoms with Gasteiger partial charge in [-0.25, -0.2) is 23.4 Å². The Morgan fingerprint density at radius 2 is 1.72 bits per heavy atom. The van der Waals surface area contributed by atoms with Crippen molar-refractivity contribution >= 4 is 21.8 Å². The molecule has 4 aromatic rings. The average molecular weight is 448 g/mol. The third-order valence-electron chi connectivity index (χ3n) is 4.70. The fourth-order valence-electron chi connectivity index (χ4n) is 2.89. The van der Waals surface area contributed by atoms with E-state index < -0.39 is 10.0 Å². The van der Waals surface area contributed by atoms with Crippen molar-refractivity contribution in [2.45, 2.75) is 13.8 Å². The average Bonchev–Trinajstić information content (AvgIpc) is 3.13. The summed E-state index contributed by atoms with van der Waals surface area (Å²) in [6.07, 6.45) is 4.65. The molecule has 1 N–H and O–H groups in total. The lowest BCUT2D eigenvalue weighted by Gasteiger charge is -2.09. The van der Waals surface area contributed by atoms with Crippen LogP contribution in [0.4, 0.5) is 5.69 Å². The van der Waals surface area contributed by atoms with Gasteiger partial charge in [-0.2, -0.15) is 0 Å². The van der Waals surface area contributed by atoms with Crippen LogP contribution in [-0.4, -0.2) is 27.9 Å². The number of aromatic nitrogens is 4. The van der Waals surface area contributed by atoms with E-state index in [1.807, 2.05) is 48.7 Å². The van der Waals surface area contributed by atoms with Gasteiger partial charge in [0.2, 0.25) is 5.88 Å². The maximum absolute atomic E-state index is 12.3. The van der Waals surface area contributed by atoms with Gasteiger partial charge in [0, 0.05) is 17.4 Å². The number of nitrogens with zero attached hydrogens (tertiary/aromatic N) is 4. The molecule has 2 heterocycles. The molecule has 0 saturated carbocycles. The van der Waals surface area contributed by atoms with E-state index in [0.717, 1.165) is 22.4 Å². The molecule has 9 heteroatoms. The van der Waals surface area contributed by atoms with Crippen molar-refractivity contribution in [3.05, 3.63) is 95.7 Å². The number of anilines is 1. The highest BCUT2D eigenvalue weighted by Crippen LogP contribution is 2.23. The fourth-order valence-corrected chi connectivity index (χ4v) is 3.76. The first kappa shape index (κ1) is 21.3. The second kappa shape index (κ2) is 9.03. The summed E-state index contributed by atoms with van der Waals surface area (Å²) in [6, 6.07) is 17.5. The van der Waals surface area contributed by atoms with Crippen molar-refractivity contribution in [2.75, 3.05) is 4.72 Å². The van der Waals surface area contributed by atoms with E-state index in [9.17, 15) is 8.42 Å². The van der Waals surface area contributed by atoms with Crippen LogP contribution in [-0.2, 0) is 10.0 Å². The van der Waals surface area contributed by atoms with Gasteiger partial charge < -0.3 is 4.74 Å². The summed E-state index contributed by atoms with van der Waals surface area (Å²) in [6.45, 7) is 3.89. The van der Waals surface area contributed by atoms with Crippen LogP contribution in [0.2, 0.25) is 0 Å². The number of nitrogens with one attached hydrogen (secondary N) is 1. The van der Waals surface area contributed by atoms with E-state index >= 15 is 0 Å². The Hall–Kier alpha value is -3.98. The van der Waals surface area contributed by atoms with Gasteiger partial charge in [-0.15, -0.1) is 0 Å². The number of imidazole rings is 1. The van der Waals surface area contributed by atoms with Crippen LogP contribution in [0.15, 0.2) is 78.7 Å². The molecule has 0 amide bonds. The van der Waals surface area contributed by atoms with Gasteiger partial charge in [0.15, 0.2) is 0 Å². The first-order chi connectivity index (χ1) is 15.4. The molecule has 0 fully saturated rings. The number of benzene rings is 2. The fraction of sp³-hybridized carbons (Fsp3) is 0.0870. The Labute approximate surface area is 186 Å². The quantitative estimate of drug-likeness (QED) is 0.448. The van der Waals surface area contributed by atoms with Crippen molar-refractivity contribution in [2.24, 2.45) is 0 Å². The molecule has 2 aromatic heterocycles. The second-order valence-electron chi connectivity index (χ2n) is 6.99. The van der Waals surface area contributed by atoms with Gasteiger partial charge >= 0.3 is 0 Å². The summed E-state index contributed by atoms with van der Waals surface area (Å²) >= 11 is 0. The van der Waals surface area contributed by atoms with Crippen LogP contribution in [0.25, 0.3) is 11.9 Å². The highest BCUT2D eigenvalue weighted by Gasteiger charge is 2.09. The lowest BCUT2D eigenvalue weighted by molar-refractivity contribution is 0.461. The van der Waals surface area contributed by atoms with E-state index in [-0.39, 0.29) is 0 Å². The van der Waals surface area contributed by atoms with E-state index in [1.165, 1.54) is 12.4 Å². The molecule has 0 bridgehead atoms. The molecule has 162 valence electrons. The van der Waals surface area contributed by atoms with Gasteiger partial charge in [0.25, 0.3) is 10.0 Å². The van der Waals surface area contributed by atoms with Crippen LogP contribution in [0.3, 0.4) is 0 Å². The Morgan fingerprint density at radius 1 is 0.969 bits per heavy atom. The Bertz CT molecular complexity index is 1350. The van der Waals surface area contributed by atoms with E-state index in [4.69, 9.17) is 4.74 Å². The standard InChI is InChI=1S/C23H21N5O3S/c1-17-18(2)28(16-26-17)22-14-23(25-15-24-22)31-21-10-8-20(9-11-21)27-32(29,30)13-12-19-6-4-3-5-7-19/h3-16,27H,1-2H3/b13-12+. The topological polar surface area (TPSA) is 99.0 Å². The van der Waals surface area contributed by atoms with Crippen molar-refractivity contribution in [1.29, 1.82) is 0 Å². The van der Waals surface area contributed by atoms with Gasteiger partial charge in [-0.3, -0.25) is 9.29 Å². The first-order valence-corrected chi connectivity index (χ1v) is 11.3. The molecule has 0 saturated heterocycles. The monoisotopic (exact) mass is 447 g/mol. The van der Waals surface area contributed by atoms with Crippen LogP contribution in [0.1, 0.15) is 17.0 Å². The van der Waals surface area contributed by atoms with Crippen LogP contribution >= 0.6 is 0 Å². The number of rotatable bonds is 7. The minimum atomic E-state index is -3.64. The van der Waals surface area contributed by atoms with Crippen molar-refractivity contribution < 1.29 is 13.2 Å². The summed E-state index contributed by atoms with van der Waals surface area (Å²) in [5.74, 6) is 1.51. The van der Waals surface area contributed by atoms with Crippen molar-refractivity contribution in [1.82, 2.24) is 19.5 Å². The Kier molecular flexibility index (Phi) is 6.00. The number of sulfonamides is 1. The minimum Gasteiger partial charge on any atom is -0.439 e. The zero-order chi connectivity index (χ0) is 22.6. The maximum atomic E-state index is 12.3. The number of ether oxygens (including phenoxy) is 1. The van der Waals surface area contributed by atoms with E-state index in [0.29, 0.717) is 23.1 Å². The summed E-state index contributed by atoms with van der Waals surface area (Å²) in [7, 11) is -3.64. The maximum Gasteiger partial charge on any atom is 0.255 e. The highest BCUT2D eigenvalue weighted by atomic mass is 32.2. The summed E-state index contributed by atoms with van der Waals surface area (Å²) < 4.78 is 34.8. The largest absolute Gasteiger partial charge is 0.439 e. The SMILES string of the molecule is Cc1ncn(-c2cc(Oc3ccc(NS(=O)(=O)/C=C/c4ccccc4)cc3)ncn2)c1C. The van der Waals surface area contributed by atoms with Crippen LogP contribution < -0.4 is 9.46 Å². The van der Waals surface area contributed by atoms with Crippen LogP contribution in [0, 0.1) is 13.8 Å². The molecule has 32 heavy (non-hydrogen) atoms. The molecule has 0 aliphatic rings. The third-order valence-corrected chi connectivity index (χ3v) is 5.72. The Morgan fingerprint density at radius 3 is 2.41 bits per heavy atom. The highest BCUT2D eigenvalue weighted by molar-refractivity contribution is 7.95. The predicted molar refractivity (Wildman–Crippen MR) is 123 cm³/mol. The minimum absolute atomic E-state index is 0.361. The first-order valence-electron chi connectivity index (χ1n) is 9.76. The van der Waals surface area contributed by atoms with Gasteiger partial charge in [0.1, 0.15) is 24.2 Å². The lowest BCUT2D eigenvalue weighted by Crippen LogP contribution is -2.08. The van der Waals surface area contributed by atoms with E-state index in [1.54, 1.807) is 36.7 Å². The number of hydrogen-bond acceptors (Lipinski definition) is 6. The van der Waals surface area contributed by atoms with Gasteiger partial charge in [-0.1, -0.05) is 30.3 Å². The molecular weight excluding hydrogens is 426 g/mol. The van der Waals surface area contributed by atoms with Gasteiger partial charge in [-0.05, 0) is 49.8 Å². The second-order valence-corrected chi connectivity index (χ2v) is 8.55. The molecule has 0 spiro atoms. The predicted octanol–water partition coefficient (Wildman–Crippen LogP) is 4.48. The van der Waals surface area contributed by atoms with Crippen LogP contribution in [0.5, 0.6) is 11.6 Å². The van der Waals surface area contributed by atoms with Crippen molar-refractivity contribution in [3.63, 3.8) is 0 Å². The Balaban J connectivity index is 1.44. The normalized spacial score (nSPS) is 11.6. The number of aryl methyl sites for hydroxylation is 1.